The lowest BCUT2D eigenvalue weighted by Crippen LogP contribution is -2.36. The molecule has 0 aliphatic carbocycles. The molecule has 2 heterocycles. The lowest BCUT2D eigenvalue weighted by molar-refractivity contribution is 0.0905. The molecule has 4 nitrogen and oxygen atoms in total. The molecule has 2 saturated heterocycles. The van der Waals surface area contributed by atoms with Crippen molar-refractivity contribution in [1.29, 1.82) is 5.26 Å². The molecule has 0 saturated carbocycles. The van der Waals surface area contributed by atoms with E-state index >= 15 is 0 Å². The fourth-order valence-corrected chi connectivity index (χ4v) is 6.03. The Kier molecular flexibility index (Phi) is 3.37. The maximum absolute atomic E-state index is 12.6. The van der Waals surface area contributed by atoms with Crippen LogP contribution in [0.1, 0.15) is 47.2 Å². The minimum atomic E-state index is -3.00. The van der Waals surface area contributed by atoms with Gasteiger partial charge in [0.05, 0.1) is 22.1 Å². The van der Waals surface area contributed by atoms with Crippen LogP contribution in [0.5, 0.6) is 0 Å². The SMILES string of the molecule is Cc1ccc(C(=O)C2CC3CCC(C2)S3(=O)=O)cc1C#N. The number of aryl methyl sites for hydroxylation is 1. The van der Waals surface area contributed by atoms with Gasteiger partial charge in [-0.25, -0.2) is 8.42 Å². The summed E-state index contributed by atoms with van der Waals surface area (Å²) >= 11 is 0. The molecule has 2 bridgehead atoms. The predicted octanol–water partition coefficient (Wildman–Crippen LogP) is 2.41. The normalized spacial score (nSPS) is 29.8. The molecule has 2 atom stereocenters. The molecule has 2 aliphatic rings. The zero-order chi connectivity index (χ0) is 15.2. The van der Waals surface area contributed by atoms with E-state index in [1.54, 1.807) is 18.2 Å². The average Bonchev–Trinajstić information content (AvgIpc) is 2.67. The second-order valence-corrected chi connectivity index (χ2v) is 8.60. The van der Waals surface area contributed by atoms with E-state index in [2.05, 4.69) is 6.07 Å². The smallest absolute Gasteiger partial charge is 0.166 e. The van der Waals surface area contributed by atoms with Crippen LogP contribution in [0.2, 0.25) is 0 Å². The van der Waals surface area contributed by atoms with Crippen LogP contribution in [0.25, 0.3) is 0 Å². The van der Waals surface area contributed by atoms with Crippen LogP contribution in [-0.2, 0) is 9.84 Å². The molecule has 0 aromatic heterocycles. The third kappa shape index (κ3) is 2.28. The molecule has 0 spiro atoms. The second kappa shape index (κ2) is 4.96. The van der Waals surface area contributed by atoms with E-state index in [0.717, 1.165) is 5.56 Å². The first-order valence-corrected chi connectivity index (χ1v) is 8.82. The molecule has 21 heavy (non-hydrogen) atoms. The minimum Gasteiger partial charge on any atom is -0.294 e. The predicted molar refractivity (Wildman–Crippen MR) is 78.7 cm³/mol. The van der Waals surface area contributed by atoms with Crippen molar-refractivity contribution in [3.63, 3.8) is 0 Å². The van der Waals surface area contributed by atoms with Crippen LogP contribution in [0.15, 0.2) is 18.2 Å². The number of carbonyl (C=O) groups is 1. The molecule has 1 aromatic rings. The first kappa shape index (κ1) is 14.3. The lowest BCUT2D eigenvalue weighted by atomic mass is 9.89. The van der Waals surface area contributed by atoms with Crippen LogP contribution in [-0.4, -0.2) is 24.7 Å². The molecular weight excluding hydrogens is 286 g/mol. The molecule has 5 heteroatoms. The Hall–Kier alpha value is -1.67. The van der Waals surface area contributed by atoms with E-state index < -0.39 is 9.84 Å². The van der Waals surface area contributed by atoms with Crippen molar-refractivity contribution in [3.05, 3.63) is 34.9 Å². The Labute approximate surface area is 124 Å². The Morgan fingerprint density at radius 3 is 2.43 bits per heavy atom. The summed E-state index contributed by atoms with van der Waals surface area (Å²) in [6.45, 7) is 1.83. The van der Waals surface area contributed by atoms with E-state index in [0.29, 0.717) is 36.8 Å². The number of benzene rings is 1. The monoisotopic (exact) mass is 303 g/mol. The third-order valence-corrected chi connectivity index (χ3v) is 7.56. The summed E-state index contributed by atoms with van der Waals surface area (Å²) in [6, 6.07) is 7.23. The van der Waals surface area contributed by atoms with Crippen molar-refractivity contribution in [2.24, 2.45) is 5.92 Å². The van der Waals surface area contributed by atoms with Crippen molar-refractivity contribution in [2.45, 2.75) is 43.1 Å². The number of rotatable bonds is 2. The number of Topliss-reactive ketones (excluding diaryl/α,β-unsaturated/α-hetero) is 1. The zero-order valence-electron chi connectivity index (χ0n) is 11.9. The molecule has 2 unspecified atom stereocenters. The zero-order valence-corrected chi connectivity index (χ0v) is 12.7. The maximum Gasteiger partial charge on any atom is 0.166 e. The molecule has 110 valence electrons. The van der Waals surface area contributed by atoms with Gasteiger partial charge in [-0.2, -0.15) is 5.26 Å². The Morgan fingerprint density at radius 2 is 1.86 bits per heavy atom. The lowest BCUT2D eigenvalue weighted by Gasteiger charge is -2.27. The van der Waals surface area contributed by atoms with Crippen molar-refractivity contribution in [3.8, 4) is 6.07 Å². The summed E-state index contributed by atoms with van der Waals surface area (Å²) in [7, 11) is -3.00. The summed E-state index contributed by atoms with van der Waals surface area (Å²) < 4.78 is 24.1. The number of sulfone groups is 1. The number of hydrogen-bond donors (Lipinski definition) is 0. The summed E-state index contributed by atoms with van der Waals surface area (Å²) in [5.74, 6) is -0.237. The molecule has 0 radical (unpaired) electrons. The van der Waals surface area contributed by atoms with Crippen LogP contribution in [0.3, 0.4) is 0 Å². The molecular formula is C16H17NO3S. The molecule has 2 fully saturated rings. The van der Waals surface area contributed by atoms with E-state index in [4.69, 9.17) is 5.26 Å². The summed E-state index contributed by atoms with van der Waals surface area (Å²) in [5.41, 5.74) is 1.88. The standard InChI is InChI=1S/C16H17NO3S/c1-10-2-3-11(6-13(10)9-17)16(18)12-7-14-4-5-15(8-12)21(14,19)20/h2-3,6,12,14-15H,4-5,7-8H2,1H3. The summed E-state index contributed by atoms with van der Waals surface area (Å²) in [6.07, 6.45) is 2.25. The van der Waals surface area contributed by atoms with Crippen molar-refractivity contribution >= 4 is 15.6 Å². The quantitative estimate of drug-likeness (QED) is 0.786. The first-order valence-electron chi connectivity index (χ1n) is 7.21. The number of carbonyl (C=O) groups excluding carboxylic acids is 1. The third-order valence-electron chi connectivity index (χ3n) is 4.85. The fraction of sp³-hybridized carbons (Fsp3) is 0.500. The van der Waals surface area contributed by atoms with E-state index in [9.17, 15) is 13.2 Å². The van der Waals surface area contributed by atoms with Gasteiger partial charge in [-0.1, -0.05) is 12.1 Å². The van der Waals surface area contributed by atoms with Gasteiger partial charge in [-0.15, -0.1) is 0 Å². The highest BCUT2D eigenvalue weighted by atomic mass is 32.2. The number of hydrogen-bond acceptors (Lipinski definition) is 4. The Morgan fingerprint density at radius 1 is 1.24 bits per heavy atom. The van der Waals surface area contributed by atoms with Gasteiger partial charge in [-0.3, -0.25) is 4.79 Å². The fourth-order valence-electron chi connectivity index (χ4n) is 3.55. The van der Waals surface area contributed by atoms with E-state index in [1.807, 2.05) is 6.92 Å². The van der Waals surface area contributed by atoms with Crippen LogP contribution in [0, 0.1) is 24.2 Å². The highest BCUT2D eigenvalue weighted by Crippen LogP contribution is 2.42. The van der Waals surface area contributed by atoms with Crippen molar-refractivity contribution in [1.82, 2.24) is 0 Å². The van der Waals surface area contributed by atoms with Gasteiger partial charge < -0.3 is 0 Å². The largest absolute Gasteiger partial charge is 0.294 e. The number of fused-ring (bicyclic) bond motifs is 2. The highest BCUT2D eigenvalue weighted by Gasteiger charge is 2.48. The Balaban J connectivity index is 1.86. The molecule has 2 aliphatic heterocycles. The molecule has 1 aromatic carbocycles. The second-order valence-electron chi connectivity index (χ2n) is 6.08. The van der Waals surface area contributed by atoms with Crippen molar-refractivity contribution in [2.75, 3.05) is 0 Å². The van der Waals surface area contributed by atoms with E-state index in [-0.39, 0.29) is 22.2 Å². The van der Waals surface area contributed by atoms with E-state index in [1.165, 1.54) is 0 Å². The first-order chi connectivity index (χ1) is 9.93. The van der Waals surface area contributed by atoms with Gasteiger partial charge in [0.25, 0.3) is 0 Å². The van der Waals surface area contributed by atoms with Gasteiger partial charge in [0, 0.05) is 11.5 Å². The molecule has 0 amide bonds. The average molecular weight is 303 g/mol. The highest BCUT2D eigenvalue weighted by molar-refractivity contribution is 7.93. The van der Waals surface area contributed by atoms with Crippen LogP contribution >= 0.6 is 0 Å². The van der Waals surface area contributed by atoms with Gasteiger partial charge in [0.15, 0.2) is 15.6 Å². The summed E-state index contributed by atoms with van der Waals surface area (Å²) in [4.78, 5) is 12.6. The number of ketones is 1. The topological polar surface area (TPSA) is 75.0 Å². The summed E-state index contributed by atoms with van der Waals surface area (Å²) in [5, 5.41) is 8.37. The maximum atomic E-state index is 12.6. The van der Waals surface area contributed by atoms with Crippen LogP contribution in [0.4, 0.5) is 0 Å². The van der Waals surface area contributed by atoms with Gasteiger partial charge in [0.1, 0.15) is 0 Å². The van der Waals surface area contributed by atoms with Crippen LogP contribution < -0.4 is 0 Å². The van der Waals surface area contributed by atoms with Gasteiger partial charge >= 0.3 is 0 Å². The van der Waals surface area contributed by atoms with Gasteiger partial charge in [0.2, 0.25) is 0 Å². The molecule has 0 N–H and O–H groups in total. The number of nitriles is 1. The van der Waals surface area contributed by atoms with Gasteiger partial charge in [-0.05, 0) is 44.2 Å². The Bertz CT molecular complexity index is 725. The van der Waals surface area contributed by atoms with Crippen molar-refractivity contribution < 1.29 is 13.2 Å². The minimum absolute atomic E-state index is 0.0155. The molecule has 3 rings (SSSR count). The number of nitrogens with zero attached hydrogens (tertiary/aromatic N) is 1.